The Bertz CT molecular complexity index is 1030. The van der Waals surface area contributed by atoms with Gasteiger partial charge in [0, 0.05) is 69.6 Å². The van der Waals surface area contributed by atoms with Gasteiger partial charge >= 0.3 is 0 Å². The number of para-hydroxylation sites is 2. The molecule has 3 N–H and O–H groups in total. The lowest BCUT2D eigenvalue weighted by Crippen LogP contribution is -2.47. The number of nitrogens with two attached hydrogens (primary N) is 1. The SMILES string of the molecule is C=C(Nc1ccccc1N1CCC(N)CC1)c1csc(N2CCN(CC3C=CN=CC3)CC2)n1. The van der Waals surface area contributed by atoms with Crippen LogP contribution < -0.4 is 20.9 Å². The standard InChI is InChI=1S/C26H35N7S/c1-20(29-23-4-2-3-5-25(23)32-12-8-22(27)9-13-32)24-19-34-26(30-24)33-16-14-31(15-17-33)18-21-6-10-28-11-7-21/h2-6,10-11,19,21-22,29H,1,7-9,12-18,27H2. The van der Waals surface area contributed by atoms with Gasteiger partial charge in [-0.2, -0.15) is 0 Å². The molecule has 0 aliphatic carbocycles. The molecule has 7 nitrogen and oxygen atoms in total. The summed E-state index contributed by atoms with van der Waals surface area (Å²) < 4.78 is 0. The van der Waals surface area contributed by atoms with Crippen molar-refractivity contribution in [1.82, 2.24) is 9.88 Å². The molecule has 0 radical (unpaired) electrons. The summed E-state index contributed by atoms with van der Waals surface area (Å²) in [5.74, 6) is 0.592. The topological polar surface area (TPSA) is 73.0 Å². The van der Waals surface area contributed by atoms with Crippen LogP contribution in [0.2, 0.25) is 0 Å². The predicted octanol–water partition coefficient (Wildman–Crippen LogP) is 3.88. The van der Waals surface area contributed by atoms with Gasteiger partial charge in [0.1, 0.15) is 0 Å². The minimum atomic E-state index is 0.320. The van der Waals surface area contributed by atoms with Crippen molar-refractivity contribution in [3.05, 3.63) is 54.2 Å². The van der Waals surface area contributed by atoms with Gasteiger partial charge in [-0.1, -0.05) is 24.8 Å². The number of piperazine rings is 1. The van der Waals surface area contributed by atoms with Gasteiger partial charge in [0.2, 0.25) is 0 Å². The molecule has 0 amide bonds. The van der Waals surface area contributed by atoms with E-state index in [1.165, 1.54) is 5.69 Å². The molecule has 34 heavy (non-hydrogen) atoms. The van der Waals surface area contributed by atoms with E-state index >= 15 is 0 Å². The minimum absolute atomic E-state index is 0.320. The zero-order chi connectivity index (χ0) is 23.3. The number of aromatic nitrogens is 1. The molecule has 180 valence electrons. The van der Waals surface area contributed by atoms with Crippen molar-refractivity contribution < 1.29 is 0 Å². The van der Waals surface area contributed by atoms with Crippen molar-refractivity contribution in [3.8, 4) is 0 Å². The molecule has 1 aromatic heterocycles. The lowest BCUT2D eigenvalue weighted by Gasteiger charge is -2.36. The monoisotopic (exact) mass is 477 g/mol. The summed E-state index contributed by atoms with van der Waals surface area (Å²) in [4.78, 5) is 16.5. The van der Waals surface area contributed by atoms with Crippen LogP contribution in [0, 0.1) is 5.92 Å². The van der Waals surface area contributed by atoms with Crippen molar-refractivity contribution in [2.24, 2.45) is 16.6 Å². The molecular formula is C26H35N7S. The number of nitrogens with one attached hydrogen (secondary N) is 1. The maximum atomic E-state index is 6.11. The van der Waals surface area contributed by atoms with Crippen molar-refractivity contribution in [2.45, 2.75) is 25.3 Å². The summed E-state index contributed by atoms with van der Waals surface area (Å²) in [6, 6.07) is 8.77. The molecule has 1 aromatic carbocycles. The van der Waals surface area contributed by atoms with Crippen LogP contribution in [-0.2, 0) is 0 Å². The van der Waals surface area contributed by atoms with Crippen LogP contribution in [-0.4, -0.2) is 68.0 Å². The molecule has 0 saturated carbocycles. The van der Waals surface area contributed by atoms with E-state index in [0.29, 0.717) is 12.0 Å². The molecule has 5 rings (SSSR count). The first-order valence-electron chi connectivity index (χ1n) is 12.3. The Morgan fingerprint density at radius 2 is 1.88 bits per heavy atom. The highest BCUT2D eigenvalue weighted by molar-refractivity contribution is 7.13. The Morgan fingerprint density at radius 3 is 2.65 bits per heavy atom. The normalized spacial score (nSPS) is 21.7. The van der Waals surface area contributed by atoms with E-state index in [2.05, 4.69) is 67.3 Å². The second-order valence-corrected chi connectivity index (χ2v) is 10.3. The number of benzene rings is 1. The molecule has 4 heterocycles. The van der Waals surface area contributed by atoms with E-state index in [1.54, 1.807) is 11.3 Å². The van der Waals surface area contributed by atoms with Crippen LogP contribution in [0.3, 0.4) is 0 Å². The third-order valence-electron chi connectivity index (χ3n) is 6.96. The number of hydrogen-bond donors (Lipinski definition) is 2. The molecule has 2 saturated heterocycles. The molecular weight excluding hydrogens is 442 g/mol. The molecule has 3 aliphatic heterocycles. The molecule has 0 spiro atoms. The highest BCUT2D eigenvalue weighted by Gasteiger charge is 2.22. The second-order valence-electron chi connectivity index (χ2n) is 9.42. The van der Waals surface area contributed by atoms with Crippen LogP contribution >= 0.6 is 11.3 Å². The summed E-state index contributed by atoms with van der Waals surface area (Å²) in [7, 11) is 0. The quantitative estimate of drug-likeness (QED) is 0.631. The lowest BCUT2D eigenvalue weighted by molar-refractivity contribution is 0.236. The first-order valence-corrected chi connectivity index (χ1v) is 13.2. The summed E-state index contributed by atoms with van der Waals surface area (Å²) >= 11 is 1.71. The van der Waals surface area contributed by atoms with E-state index in [-0.39, 0.29) is 0 Å². The van der Waals surface area contributed by atoms with Crippen molar-refractivity contribution in [3.63, 3.8) is 0 Å². The van der Waals surface area contributed by atoms with Crippen molar-refractivity contribution in [2.75, 3.05) is 60.9 Å². The van der Waals surface area contributed by atoms with Gasteiger partial charge in [-0.3, -0.25) is 9.89 Å². The van der Waals surface area contributed by atoms with Gasteiger partial charge in [-0.05, 0) is 37.3 Å². The van der Waals surface area contributed by atoms with Gasteiger partial charge in [0.05, 0.1) is 22.8 Å². The van der Waals surface area contributed by atoms with E-state index in [4.69, 9.17) is 10.7 Å². The fourth-order valence-corrected chi connectivity index (χ4v) is 5.76. The van der Waals surface area contributed by atoms with Gasteiger partial charge < -0.3 is 20.9 Å². The average molecular weight is 478 g/mol. The highest BCUT2D eigenvalue weighted by Crippen LogP contribution is 2.32. The highest BCUT2D eigenvalue weighted by atomic mass is 32.1. The van der Waals surface area contributed by atoms with Gasteiger partial charge in [0.25, 0.3) is 0 Å². The number of anilines is 3. The Kier molecular flexibility index (Phi) is 7.27. The van der Waals surface area contributed by atoms with Crippen LogP contribution in [0.5, 0.6) is 0 Å². The summed E-state index contributed by atoms with van der Waals surface area (Å²) in [6.45, 7) is 11.6. The molecule has 2 aromatic rings. The number of hydrogen-bond acceptors (Lipinski definition) is 8. The maximum Gasteiger partial charge on any atom is 0.185 e. The van der Waals surface area contributed by atoms with Gasteiger partial charge in [-0.25, -0.2) is 4.98 Å². The number of nitrogens with zero attached hydrogens (tertiary/aromatic N) is 5. The van der Waals surface area contributed by atoms with Crippen LogP contribution in [0.15, 0.2) is 53.5 Å². The minimum Gasteiger partial charge on any atom is -0.370 e. The lowest BCUT2D eigenvalue weighted by atomic mass is 10.0. The number of rotatable bonds is 7. The van der Waals surface area contributed by atoms with Crippen LogP contribution in [0.25, 0.3) is 5.70 Å². The Labute approximate surface area is 206 Å². The molecule has 3 aliphatic rings. The fraction of sp³-hybridized carbons (Fsp3) is 0.462. The van der Waals surface area contributed by atoms with Gasteiger partial charge in [0.15, 0.2) is 5.13 Å². The van der Waals surface area contributed by atoms with E-state index in [9.17, 15) is 0 Å². The molecule has 1 atom stereocenters. The smallest absolute Gasteiger partial charge is 0.185 e. The molecule has 1 unspecified atom stereocenters. The molecule has 0 bridgehead atoms. The first kappa shape index (κ1) is 23.1. The molecule has 2 fully saturated rings. The van der Waals surface area contributed by atoms with Crippen molar-refractivity contribution in [1.29, 1.82) is 0 Å². The Hall–Kier alpha value is -2.68. The third kappa shape index (κ3) is 5.51. The zero-order valence-electron chi connectivity index (χ0n) is 19.8. The fourth-order valence-electron chi connectivity index (χ4n) is 4.87. The maximum absolute atomic E-state index is 6.11. The summed E-state index contributed by atoms with van der Waals surface area (Å²) in [5, 5.41) is 6.74. The van der Waals surface area contributed by atoms with E-state index in [0.717, 1.165) is 87.3 Å². The van der Waals surface area contributed by atoms with E-state index < -0.39 is 0 Å². The first-order chi connectivity index (χ1) is 16.7. The molecule has 8 heteroatoms. The Morgan fingerprint density at radius 1 is 1.09 bits per heavy atom. The Balaban J connectivity index is 1.17. The zero-order valence-corrected chi connectivity index (χ0v) is 20.6. The average Bonchev–Trinajstić information content (AvgIpc) is 3.37. The van der Waals surface area contributed by atoms with Crippen LogP contribution in [0.4, 0.5) is 16.5 Å². The third-order valence-corrected chi connectivity index (χ3v) is 7.87. The van der Waals surface area contributed by atoms with Crippen LogP contribution in [0.1, 0.15) is 25.0 Å². The van der Waals surface area contributed by atoms with Crippen molar-refractivity contribution >= 4 is 39.8 Å². The van der Waals surface area contributed by atoms with E-state index in [1.807, 2.05) is 12.4 Å². The summed E-state index contributed by atoms with van der Waals surface area (Å²) in [6.07, 6.45) is 9.31. The second kappa shape index (κ2) is 10.7. The summed E-state index contributed by atoms with van der Waals surface area (Å²) in [5.41, 5.74) is 10.2. The number of thiazole rings is 1. The number of piperidine rings is 1. The van der Waals surface area contributed by atoms with Gasteiger partial charge in [-0.15, -0.1) is 11.3 Å². The predicted molar refractivity (Wildman–Crippen MR) is 145 cm³/mol. The largest absolute Gasteiger partial charge is 0.370 e. The number of aliphatic imine (C=N–C) groups is 1.